The number of rotatable bonds is 7. The number of aldehydes is 1. The fourth-order valence-corrected chi connectivity index (χ4v) is 3.03. The quantitative estimate of drug-likeness (QED) is 0.526. The summed E-state index contributed by atoms with van der Waals surface area (Å²) >= 11 is 0. The first-order chi connectivity index (χ1) is 12.6. The highest BCUT2D eigenvalue weighted by atomic mass is 16.2. The van der Waals surface area contributed by atoms with Crippen LogP contribution in [0.5, 0.6) is 0 Å². The highest BCUT2D eigenvalue weighted by molar-refractivity contribution is 5.99. The number of H-pyrrole nitrogens is 1. The maximum Gasteiger partial charge on any atom is 0.268 e. The normalized spacial score (nSPS) is 17.5. The third-order valence-electron chi connectivity index (χ3n) is 4.40. The van der Waals surface area contributed by atoms with Crippen molar-refractivity contribution in [2.75, 3.05) is 13.1 Å². The highest BCUT2D eigenvalue weighted by Gasteiger charge is 2.27. The number of fused-ring (bicyclic) bond motifs is 1. The zero-order valence-electron chi connectivity index (χ0n) is 14.1. The third kappa shape index (κ3) is 4.08. The number of nitrogens with one attached hydrogen (secondary N) is 4. The van der Waals surface area contributed by atoms with Crippen molar-refractivity contribution in [3.05, 3.63) is 36.0 Å². The van der Waals surface area contributed by atoms with Gasteiger partial charge in [0.2, 0.25) is 11.8 Å². The number of carbonyl (C=O) groups excluding carboxylic acids is 4. The van der Waals surface area contributed by atoms with Crippen LogP contribution < -0.4 is 16.0 Å². The molecule has 1 saturated heterocycles. The van der Waals surface area contributed by atoms with Crippen molar-refractivity contribution in [1.29, 1.82) is 0 Å². The number of hydrogen-bond donors (Lipinski definition) is 4. The van der Waals surface area contributed by atoms with Gasteiger partial charge < -0.3 is 25.7 Å². The Bertz CT molecular complexity index is 812. The van der Waals surface area contributed by atoms with E-state index in [0.29, 0.717) is 24.9 Å². The van der Waals surface area contributed by atoms with E-state index in [2.05, 4.69) is 20.9 Å². The van der Waals surface area contributed by atoms with E-state index in [0.717, 1.165) is 10.9 Å². The van der Waals surface area contributed by atoms with E-state index in [1.165, 1.54) is 0 Å². The molecule has 2 aromatic rings. The molecule has 2 heterocycles. The summed E-state index contributed by atoms with van der Waals surface area (Å²) in [5, 5.41) is 8.64. The smallest absolute Gasteiger partial charge is 0.268 e. The minimum Gasteiger partial charge on any atom is -0.356 e. The van der Waals surface area contributed by atoms with Gasteiger partial charge in [-0.2, -0.15) is 0 Å². The Hall–Kier alpha value is -3.16. The Labute approximate surface area is 149 Å². The predicted molar refractivity (Wildman–Crippen MR) is 94.4 cm³/mol. The Balaban J connectivity index is 1.50. The Morgan fingerprint density at radius 2 is 2.12 bits per heavy atom. The molecule has 1 aromatic carbocycles. The first-order valence-electron chi connectivity index (χ1n) is 8.45. The lowest BCUT2D eigenvalue weighted by molar-refractivity contribution is -0.125. The van der Waals surface area contributed by atoms with Crippen LogP contribution in [0.4, 0.5) is 0 Å². The molecule has 0 bridgehead atoms. The van der Waals surface area contributed by atoms with Crippen LogP contribution in [0.15, 0.2) is 30.3 Å². The summed E-state index contributed by atoms with van der Waals surface area (Å²) in [6, 6.07) is 8.42. The zero-order valence-corrected chi connectivity index (χ0v) is 14.1. The highest BCUT2D eigenvalue weighted by Crippen LogP contribution is 2.16. The molecule has 1 aliphatic heterocycles. The van der Waals surface area contributed by atoms with Crippen LogP contribution in [0.2, 0.25) is 0 Å². The van der Waals surface area contributed by atoms with Gasteiger partial charge in [-0.15, -0.1) is 0 Å². The predicted octanol–water partition coefficient (Wildman–Crippen LogP) is 0.108. The second-order valence-corrected chi connectivity index (χ2v) is 6.28. The lowest BCUT2D eigenvalue weighted by atomic mass is 9.99. The lowest BCUT2D eigenvalue weighted by Crippen LogP contribution is -2.44. The monoisotopic (exact) mass is 356 g/mol. The molecule has 0 unspecified atom stereocenters. The van der Waals surface area contributed by atoms with Crippen molar-refractivity contribution in [3.63, 3.8) is 0 Å². The molecule has 3 amide bonds. The van der Waals surface area contributed by atoms with E-state index in [-0.39, 0.29) is 24.8 Å². The van der Waals surface area contributed by atoms with Crippen LogP contribution in [0.25, 0.3) is 10.9 Å². The molecule has 1 fully saturated rings. The topological polar surface area (TPSA) is 120 Å². The van der Waals surface area contributed by atoms with Crippen LogP contribution in [-0.4, -0.2) is 48.1 Å². The number of benzene rings is 1. The van der Waals surface area contributed by atoms with Gasteiger partial charge in [0.1, 0.15) is 12.0 Å². The van der Waals surface area contributed by atoms with Crippen LogP contribution >= 0.6 is 0 Å². The summed E-state index contributed by atoms with van der Waals surface area (Å²) in [5.74, 6) is -1.26. The molecule has 0 aliphatic carbocycles. The van der Waals surface area contributed by atoms with Crippen molar-refractivity contribution in [1.82, 2.24) is 20.9 Å². The summed E-state index contributed by atoms with van der Waals surface area (Å²) in [7, 11) is 0. The van der Waals surface area contributed by atoms with Gasteiger partial charge in [0.15, 0.2) is 0 Å². The van der Waals surface area contributed by atoms with Crippen molar-refractivity contribution >= 4 is 34.9 Å². The molecule has 0 saturated carbocycles. The third-order valence-corrected chi connectivity index (χ3v) is 4.40. The number of para-hydroxylation sites is 1. The molecule has 1 aromatic heterocycles. The summed E-state index contributed by atoms with van der Waals surface area (Å²) in [4.78, 5) is 49.8. The number of aromatic amines is 1. The van der Waals surface area contributed by atoms with Crippen molar-refractivity contribution < 1.29 is 19.2 Å². The van der Waals surface area contributed by atoms with E-state index >= 15 is 0 Å². The molecular formula is C18H20N4O4. The largest absolute Gasteiger partial charge is 0.356 e. The SMILES string of the molecule is O=C[C@H](C[C@@H]1CCNC1=O)NC(=O)CNC(=O)c1cc2ccccc2[nH]1. The second kappa shape index (κ2) is 7.81. The molecule has 2 atom stereocenters. The summed E-state index contributed by atoms with van der Waals surface area (Å²) < 4.78 is 0. The average Bonchev–Trinajstić information content (AvgIpc) is 3.25. The molecule has 0 spiro atoms. The lowest BCUT2D eigenvalue weighted by Gasteiger charge is -2.15. The molecule has 26 heavy (non-hydrogen) atoms. The Morgan fingerprint density at radius 3 is 2.81 bits per heavy atom. The average molecular weight is 356 g/mol. The summed E-state index contributed by atoms with van der Waals surface area (Å²) in [6.45, 7) is 0.332. The van der Waals surface area contributed by atoms with Gasteiger partial charge in [0.05, 0.1) is 12.6 Å². The second-order valence-electron chi connectivity index (χ2n) is 6.28. The van der Waals surface area contributed by atoms with Gasteiger partial charge in [-0.25, -0.2) is 0 Å². The van der Waals surface area contributed by atoms with Gasteiger partial charge in [-0.3, -0.25) is 14.4 Å². The minimum absolute atomic E-state index is 0.0989. The minimum atomic E-state index is -0.749. The van der Waals surface area contributed by atoms with Crippen molar-refractivity contribution in [2.24, 2.45) is 5.92 Å². The van der Waals surface area contributed by atoms with Gasteiger partial charge in [0, 0.05) is 23.4 Å². The standard InChI is InChI=1S/C18H20N4O4/c23-10-13(7-12-5-6-19-17(12)25)21-16(24)9-20-18(26)15-8-11-3-1-2-4-14(11)22-15/h1-4,8,10,12-13,22H,5-7,9H2,(H,19,25)(H,20,26)(H,21,24)/t12-,13-/m0/s1. The van der Waals surface area contributed by atoms with Crippen LogP contribution in [0, 0.1) is 5.92 Å². The van der Waals surface area contributed by atoms with E-state index in [4.69, 9.17) is 0 Å². The van der Waals surface area contributed by atoms with Gasteiger partial charge >= 0.3 is 0 Å². The van der Waals surface area contributed by atoms with Crippen molar-refractivity contribution in [3.8, 4) is 0 Å². The van der Waals surface area contributed by atoms with Gasteiger partial charge in [-0.05, 0) is 25.0 Å². The number of hydrogen-bond acceptors (Lipinski definition) is 4. The first kappa shape index (κ1) is 17.7. The molecule has 3 rings (SSSR count). The fourth-order valence-electron chi connectivity index (χ4n) is 3.03. The number of aromatic nitrogens is 1. The van der Waals surface area contributed by atoms with Crippen LogP contribution in [0.3, 0.4) is 0 Å². The first-order valence-corrected chi connectivity index (χ1v) is 8.45. The molecule has 8 nitrogen and oxygen atoms in total. The van der Waals surface area contributed by atoms with Crippen LogP contribution in [0.1, 0.15) is 23.3 Å². The van der Waals surface area contributed by atoms with Crippen molar-refractivity contribution in [2.45, 2.75) is 18.9 Å². The molecule has 1 aliphatic rings. The molecule has 136 valence electrons. The Morgan fingerprint density at radius 1 is 1.31 bits per heavy atom. The molecule has 4 N–H and O–H groups in total. The number of carbonyl (C=O) groups is 4. The summed E-state index contributed by atoms with van der Waals surface area (Å²) in [6.07, 6.45) is 1.52. The number of amides is 3. The van der Waals surface area contributed by atoms with Gasteiger partial charge in [-0.1, -0.05) is 18.2 Å². The van der Waals surface area contributed by atoms with Crippen LogP contribution in [-0.2, 0) is 14.4 Å². The van der Waals surface area contributed by atoms with E-state index in [1.54, 1.807) is 6.07 Å². The maximum absolute atomic E-state index is 12.2. The Kier molecular flexibility index (Phi) is 5.31. The summed E-state index contributed by atoms with van der Waals surface area (Å²) in [5.41, 5.74) is 1.19. The maximum atomic E-state index is 12.2. The van der Waals surface area contributed by atoms with E-state index in [9.17, 15) is 19.2 Å². The van der Waals surface area contributed by atoms with E-state index < -0.39 is 17.9 Å². The van der Waals surface area contributed by atoms with E-state index in [1.807, 2.05) is 24.3 Å². The molecular weight excluding hydrogens is 336 g/mol. The molecule has 0 radical (unpaired) electrons. The molecule has 8 heteroatoms. The fraction of sp³-hybridized carbons (Fsp3) is 0.333. The van der Waals surface area contributed by atoms with Gasteiger partial charge in [0.25, 0.3) is 5.91 Å². The zero-order chi connectivity index (χ0) is 18.5.